The topological polar surface area (TPSA) is 65.5 Å². The van der Waals surface area contributed by atoms with Crippen molar-refractivity contribution >= 4 is 17.6 Å². The number of piperazine rings is 1. The van der Waals surface area contributed by atoms with Gasteiger partial charge in [-0.15, -0.1) is 0 Å². The molecule has 1 fully saturated rings. The van der Waals surface area contributed by atoms with Crippen LogP contribution < -0.4 is 10.2 Å². The van der Waals surface area contributed by atoms with E-state index in [0.717, 1.165) is 44.8 Å². The number of carbonyl (C=O) groups excluding carboxylic acids is 2. The zero-order chi connectivity index (χ0) is 19.8. The van der Waals surface area contributed by atoms with Crippen molar-refractivity contribution in [1.29, 1.82) is 0 Å². The standard InChI is InChI=1S/C21H34N4O2/c1-5-17(4)14-20(26)25-12-10-24(11-13-25)19-7-6-18(15-23-19)21(27)22-9-8-16(2)3/h6-7,15-17H,5,8-14H2,1-4H3,(H,22,27). The summed E-state index contributed by atoms with van der Waals surface area (Å²) in [6.07, 6.45) is 4.28. The van der Waals surface area contributed by atoms with Gasteiger partial charge in [0.15, 0.2) is 0 Å². The molecule has 1 aromatic rings. The van der Waals surface area contributed by atoms with Crippen LogP contribution >= 0.6 is 0 Å². The molecule has 6 nitrogen and oxygen atoms in total. The summed E-state index contributed by atoms with van der Waals surface area (Å²) in [5.41, 5.74) is 0.588. The first-order chi connectivity index (χ1) is 12.9. The number of aromatic nitrogens is 1. The zero-order valence-electron chi connectivity index (χ0n) is 17.2. The first-order valence-corrected chi connectivity index (χ1v) is 10.2. The number of pyridine rings is 1. The van der Waals surface area contributed by atoms with Gasteiger partial charge in [-0.2, -0.15) is 0 Å². The van der Waals surface area contributed by atoms with Crippen molar-refractivity contribution in [2.24, 2.45) is 11.8 Å². The second-order valence-electron chi connectivity index (χ2n) is 7.93. The fraction of sp³-hybridized carbons (Fsp3) is 0.667. The number of anilines is 1. The molecule has 1 N–H and O–H groups in total. The molecular weight excluding hydrogens is 340 g/mol. The Morgan fingerprint density at radius 3 is 2.41 bits per heavy atom. The Kier molecular flexibility index (Phi) is 8.07. The largest absolute Gasteiger partial charge is 0.353 e. The molecule has 0 aliphatic carbocycles. The minimum Gasteiger partial charge on any atom is -0.353 e. The van der Waals surface area contributed by atoms with Crippen LogP contribution in [0.4, 0.5) is 5.82 Å². The summed E-state index contributed by atoms with van der Waals surface area (Å²) in [4.78, 5) is 33.0. The molecule has 1 saturated heterocycles. The fourth-order valence-electron chi connectivity index (χ4n) is 3.04. The predicted octanol–water partition coefficient (Wildman–Crippen LogP) is 2.94. The van der Waals surface area contributed by atoms with E-state index in [1.807, 2.05) is 17.0 Å². The van der Waals surface area contributed by atoms with E-state index >= 15 is 0 Å². The van der Waals surface area contributed by atoms with Gasteiger partial charge in [0.05, 0.1) is 5.56 Å². The number of nitrogens with one attached hydrogen (secondary N) is 1. The quantitative estimate of drug-likeness (QED) is 0.760. The highest BCUT2D eigenvalue weighted by Gasteiger charge is 2.22. The number of amides is 2. The molecule has 0 radical (unpaired) electrons. The molecule has 1 unspecified atom stereocenters. The Morgan fingerprint density at radius 1 is 1.15 bits per heavy atom. The van der Waals surface area contributed by atoms with E-state index < -0.39 is 0 Å². The van der Waals surface area contributed by atoms with Crippen molar-refractivity contribution in [2.45, 2.75) is 47.0 Å². The van der Waals surface area contributed by atoms with E-state index in [1.54, 1.807) is 6.20 Å². The zero-order valence-corrected chi connectivity index (χ0v) is 17.2. The molecule has 1 aliphatic rings. The molecule has 2 heterocycles. The summed E-state index contributed by atoms with van der Waals surface area (Å²) in [7, 11) is 0. The number of carbonyl (C=O) groups is 2. The Hall–Kier alpha value is -2.11. The second kappa shape index (κ2) is 10.3. The van der Waals surface area contributed by atoms with Gasteiger partial charge < -0.3 is 15.1 Å². The summed E-state index contributed by atoms with van der Waals surface area (Å²) < 4.78 is 0. The van der Waals surface area contributed by atoms with Crippen LogP contribution in [0.1, 0.15) is 57.3 Å². The van der Waals surface area contributed by atoms with E-state index in [9.17, 15) is 9.59 Å². The molecule has 1 aromatic heterocycles. The van der Waals surface area contributed by atoms with Crippen LogP contribution in [0.25, 0.3) is 0 Å². The Morgan fingerprint density at radius 2 is 1.85 bits per heavy atom. The summed E-state index contributed by atoms with van der Waals surface area (Å²) >= 11 is 0. The third kappa shape index (κ3) is 6.52. The van der Waals surface area contributed by atoms with Crippen LogP contribution in [0.5, 0.6) is 0 Å². The minimum atomic E-state index is -0.0739. The lowest BCUT2D eigenvalue weighted by Crippen LogP contribution is -2.49. The van der Waals surface area contributed by atoms with E-state index in [0.29, 0.717) is 30.4 Å². The summed E-state index contributed by atoms with van der Waals surface area (Å²) in [6.45, 7) is 12.2. The Labute approximate surface area is 163 Å². The van der Waals surface area contributed by atoms with Crippen LogP contribution in [-0.2, 0) is 4.79 Å². The van der Waals surface area contributed by atoms with E-state index in [1.165, 1.54) is 0 Å². The van der Waals surface area contributed by atoms with Gasteiger partial charge in [-0.25, -0.2) is 4.98 Å². The highest BCUT2D eigenvalue weighted by Crippen LogP contribution is 2.16. The van der Waals surface area contributed by atoms with Crippen LogP contribution in [0.15, 0.2) is 18.3 Å². The number of nitrogens with zero attached hydrogens (tertiary/aromatic N) is 3. The van der Waals surface area contributed by atoms with Gasteiger partial charge in [-0.1, -0.05) is 34.1 Å². The monoisotopic (exact) mass is 374 g/mol. The van der Waals surface area contributed by atoms with Gasteiger partial charge >= 0.3 is 0 Å². The fourth-order valence-corrected chi connectivity index (χ4v) is 3.04. The van der Waals surface area contributed by atoms with Gasteiger partial charge in [-0.3, -0.25) is 9.59 Å². The highest BCUT2D eigenvalue weighted by atomic mass is 16.2. The number of hydrogen-bond acceptors (Lipinski definition) is 4. The normalized spacial score (nSPS) is 15.7. The van der Waals surface area contributed by atoms with Crippen LogP contribution in [0.3, 0.4) is 0 Å². The maximum atomic E-state index is 12.3. The van der Waals surface area contributed by atoms with Crippen LogP contribution in [0, 0.1) is 11.8 Å². The summed E-state index contributed by atoms with van der Waals surface area (Å²) in [5.74, 6) is 2.06. The van der Waals surface area contributed by atoms with E-state index in [-0.39, 0.29) is 11.8 Å². The van der Waals surface area contributed by atoms with Gasteiger partial charge in [0.1, 0.15) is 5.82 Å². The van der Waals surface area contributed by atoms with E-state index in [4.69, 9.17) is 0 Å². The first kappa shape index (κ1) is 21.2. The van der Waals surface area contributed by atoms with Crippen molar-refractivity contribution in [2.75, 3.05) is 37.6 Å². The highest BCUT2D eigenvalue weighted by molar-refractivity contribution is 5.94. The number of rotatable bonds is 8. The first-order valence-electron chi connectivity index (χ1n) is 10.2. The van der Waals surface area contributed by atoms with Crippen molar-refractivity contribution in [1.82, 2.24) is 15.2 Å². The van der Waals surface area contributed by atoms with Crippen molar-refractivity contribution in [3.63, 3.8) is 0 Å². The maximum Gasteiger partial charge on any atom is 0.252 e. The molecule has 150 valence electrons. The molecular formula is C21H34N4O2. The molecule has 0 aromatic carbocycles. The second-order valence-corrected chi connectivity index (χ2v) is 7.93. The summed E-state index contributed by atoms with van der Waals surface area (Å²) in [5, 5.41) is 2.93. The smallest absolute Gasteiger partial charge is 0.252 e. The third-order valence-corrected chi connectivity index (χ3v) is 5.19. The average Bonchev–Trinajstić information content (AvgIpc) is 2.67. The lowest BCUT2D eigenvalue weighted by Gasteiger charge is -2.35. The molecule has 6 heteroatoms. The van der Waals surface area contributed by atoms with Crippen molar-refractivity contribution in [3.8, 4) is 0 Å². The molecule has 2 rings (SSSR count). The van der Waals surface area contributed by atoms with Crippen molar-refractivity contribution < 1.29 is 9.59 Å². The molecule has 27 heavy (non-hydrogen) atoms. The van der Waals surface area contributed by atoms with Gasteiger partial charge in [-0.05, 0) is 30.4 Å². The molecule has 0 bridgehead atoms. The van der Waals surface area contributed by atoms with Gasteiger partial charge in [0, 0.05) is 45.3 Å². The van der Waals surface area contributed by atoms with Gasteiger partial charge in [0.2, 0.25) is 5.91 Å². The van der Waals surface area contributed by atoms with E-state index in [2.05, 4.69) is 42.9 Å². The van der Waals surface area contributed by atoms with Crippen molar-refractivity contribution in [3.05, 3.63) is 23.9 Å². The Bertz CT molecular complexity index is 607. The molecule has 1 atom stereocenters. The molecule has 1 aliphatic heterocycles. The molecule has 0 saturated carbocycles. The van der Waals surface area contributed by atoms with Gasteiger partial charge in [0.25, 0.3) is 5.91 Å². The van der Waals surface area contributed by atoms with Crippen LogP contribution in [0.2, 0.25) is 0 Å². The average molecular weight is 375 g/mol. The third-order valence-electron chi connectivity index (χ3n) is 5.19. The Balaban J connectivity index is 1.82. The molecule has 0 spiro atoms. The van der Waals surface area contributed by atoms with Crippen LogP contribution in [-0.4, -0.2) is 54.4 Å². The predicted molar refractivity (Wildman–Crippen MR) is 109 cm³/mol. The summed E-state index contributed by atoms with van der Waals surface area (Å²) in [6, 6.07) is 3.72. The minimum absolute atomic E-state index is 0.0739. The lowest BCUT2D eigenvalue weighted by atomic mass is 10.0. The maximum absolute atomic E-state index is 12.3. The number of hydrogen-bond donors (Lipinski definition) is 1. The SMILES string of the molecule is CCC(C)CC(=O)N1CCN(c2ccc(C(=O)NCCC(C)C)cn2)CC1. The molecule has 2 amide bonds. The lowest BCUT2D eigenvalue weighted by molar-refractivity contribution is -0.132.